The summed E-state index contributed by atoms with van der Waals surface area (Å²) < 4.78 is 16.7. The Morgan fingerprint density at radius 1 is 1.04 bits per heavy atom. The third kappa shape index (κ3) is 5.13. The zero-order valence-corrected chi connectivity index (χ0v) is 16.7. The highest BCUT2D eigenvalue weighted by Crippen LogP contribution is 2.29. The van der Waals surface area contributed by atoms with Gasteiger partial charge in [-0.05, 0) is 55.3 Å². The second-order valence-electron chi connectivity index (χ2n) is 6.18. The van der Waals surface area contributed by atoms with E-state index in [1.807, 2.05) is 32.0 Å². The van der Waals surface area contributed by atoms with E-state index in [4.69, 9.17) is 14.2 Å². The van der Waals surface area contributed by atoms with Gasteiger partial charge in [0.25, 0.3) is 0 Å². The first-order valence-corrected chi connectivity index (χ1v) is 8.99. The number of hydrogen-bond donors (Lipinski definition) is 0. The van der Waals surface area contributed by atoms with Crippen molar-refractivity contribution in [3.63, 3.8) is 0 Å². The first kappa shape index (κ1) is 21.0. The quantitative estimate of drug-likeness (QED) is 0.318. The minimum atomic E-state index is -0.137. The summed E-state index contributed by atoms with van der Waals surface area (Å²) in [5, 5.41) is 0. The monoisotopic (exact) mass is 378 g/mol. The van der Waals surface area contributed by atoms with E-state index in [1.54, 1.807) is 37.5 Å². The molecule has 0 heterocycles. The maximum absolute atomic E-state index is 12.7. The molecule has 4 nitrogen and oxygen atoms in total. The molecular weight excluding hydrogens is 352 g/mol. The summed E-state index contributed by atoms with van der Waals surface area (Å²) in [7, 11) is 1.57. The van der Waals surface area contributed by atoms with Gasteiger partial charge < -0.3 is 14.2 Å². The van der Waals surface area contributed by atoms with Crippen LogP contribution < -0.4 is 14.2 Å². The van der Waals surface area contributed by atoms with Crippen molar-refractivity contribution in [2.45, 2.75) is 13.8 Å². The van der Waals surface area contributed by atoms with Crippen LogP contribution in [0.4, 0.5) is 0 Å². The Labute approximate surface area is 166 Å². The summed E-state index contributed by atoms with van der Waals surface area (Å²) in [5.74, 6) is 1.74. The summed E-state index contributed by atoms with van der Waals surface area (Å²) in [6.07, 6.45) is 6.59. The van der Waals surface area contributed by atoms with Crippen LogP contribution in [-0.4, -0.2) is 26.1 Å². The molecule has 4 heteroatoms. The molecule has 0 fully saturated rings. The van der Waals surface area contributed by atoms with Crippen molar-refractivity contribution < 1.29 is 19.0 Å². The Bertz CT molecular complexity index is 894. The van der Waals surface area contributed by atoms with Crippen molar-refractivity contribution in [1.29, 1.82) is 0 Å². The van der Waals surface area contributed by atoms with Crippen LogP contribution in [0.5, 0.6) is 17.2 Å². The lowest BCUT2D eigenvalue weighted by Crippen LogP contribution is -2.02. The minimum absolute atomic E-state index is 0.137. The van der Waals surface area contributed by atoms with Crippen molar-refractivity contribution in [3.8, 4) is 17.2 Å². The SMILES string of the molecule is C=CCOc1ccc(/C=C/C(=O)c2ccc(C)c(C)c2OC)c(OCC=C)c1. The van der Waals surface area contributed by atoms with Gasteiger partial charge >= 0.3 is 0 Å². The van der Waals surface area contributed by atoms with Gasteiger partial charge in [-0.15, -0.1) is 0 Å². The molecule has 0 N–H and O–H groups in total. The van der Waals surface area contributed by atoms with Crippen LogP contribution in [0.2, 0.25) is 0 Å². The van der Waals surface area contributed by atoms with Crippen LogP contribution >= 0.6 is 0 Å². The molecule has 0 amide bonds. The van der Waals surface area contributed by atoms with Crippen molar-refractivity contribution in [2.75, 3.05) is 20.3 Å². The van der Waals surface area contributed by atoms with Crippen LogP contribution in [0.1, 0.15) is 27.0 Å². The highest BCUT2D eigenvalue weighted by Gasteiger charge is 2.14. The zero-order valence-electron chi connectivity index (χ0n) is 16.7. The summed E-state index contributed by atoms with van der Waals surface area (Å²) >= 11 is 0. The summed E-state index contributed by atoms with van der Waals surface area (Å²) in [6.45, 7) is 12.0. The highest BCUT2D eigenvalue weighted by molar-refractivity contribution is 6.09. The second kappa shape index (κ2) is 10.2. The molecular formula is C24H26O4. The van der Waals surface area contributed by atoms with E-state index in [0.717, 1.165) is 16.7 Å². The third-order valence-corrected chi connectivity index (χ3v) is 4.27. The van der Waals surface area contributed by atoms with E-state index in [-0.39, 0.29) is 5.78 Å². The predicted octanol–water partition coefficient (Wildman–Crippen LogP) is 5.34. The zero-order chi connectivity index (χ0) is 20.5. The molecule has 0 unspecified atom stereocenters. The van der Waals surface area contributed by atoms with Gasteiger partial charge in [-0.1, -0.05) is 31.4 Å². The average molecular weight is 378 g/mol. The predicted molar refractivity (Wildman–Crippen MR) is 114 cm³/mol. The number of aryl methyl sites for hydroxylation is 1. The number of ether oxygens (including phenoxy) is 3. The first-order valence-electron chi connectivity index (χ1n) is 8.99. The Balaban J connectivity index is 2.31. The number of hydrogen-bond acceptors (Lipinski definition) is 4. The smallest absolute Gasteiger partial charge is 0.189 e. The molecule has 0 saturated heterocycles. The molecule has 0 saturated carbocycles. The topological polar surface area (TPSA) is 44.8 Å². The fraction of sp³-hybridized carbons (Fsp3) is 0.208. The van der Waals surface area contributed by atoms with Crippen molar-refractivity contribution >= 4 is 11.9 Å². The molecule has 0 spiro atoms. The Morgan fingerprint density at radius 2 is 1.75 bits per heavy atom. The molecule has 2 rings (SSSR count). The lowest BCUT2D eigenvalue weighted by atomic mass is 10.0. The van der Waals surface area contributed by atoms with Crippen LogP contribution in [0.15, 0.2) is 61.7 Å². The van der Waals surface area contributed by atoms with E-state index in [9.17, 15) is 4.79 Å². The molecule has 2 aromatic rings. The van der Waals surface area contributed by atoms with Crippen molar-refractivity contribution in [2.24, 2.45) is 0 Å². The van der Waals surface area contributed by atoms with Crippen molar-refractivity contribution in [3.05, 3.63) is 84.0 Å². The lowest BCUT2D eigenvalue weighted by Gasteiger charge is -2.12. The number of ketones is 1. The number of allylic oxidation sites excluding steroid dienone is 1. The van der Waals surface area contributed by atoms with Crippen LogP contribution in [0.3, 0.4) is 0 Å². The number of benzene rings is 2. The second-order valence-corrected chi connectivity index (χ2v) is 6.18. The maximum Gasteiger partial charge on any atom is 0.189 e. The van der Waals surface area contributed by atoms with Gasteiger partial charge in [0, 0.05) is 11.6 Å². The lowest BCUT2D eigenvalue weighted by molar-refractivity contribution is 0.104. The number of rotatable bonds is 10. The molecule has 2 aromatic carbocycles. The largest absolute Gasteiger partial charge is 0.496 e. The Kier molecular flexibility index (Phi) is 7.64. The molecule has 0 aliphatic heterocycles. The van der Waals surface area contributed by atoms with Gasteiger partial charge in [0.1, 0.15) is 30.5 Å². The fourth-order valence-electron chi connectivity index (χ4n) is 2.67. The van der Waals surface area contributed by atoms with Gasteiger partial charge in [0.15, 0.2) is 5.78 Å². The standard InChI is InChI=1S/C24H26O4/c1-6-14-27-20-11-9-19(23(16-20)28-15-7-2)10-13-22(25)21-12-8-17(3)18(4)24(21)26-5/h6-13,16H,1-2,14-15H2,3-5H3/b13-10+. The van der Waals surface area contributed by atoms with Gasteiger partial charge in [-0.3, -0.25) is 4.79 Å². The van der Waals surface area contributed by atoms with Gasteiger partial charge in [-0.2, -0.15) is 0 Å². The van der Waals surface area contributed by atoms with E-state index < -0.39 is 0 Å². The number of carbonyl (C=O) groups excluding carboxylic acids is 1. The van der Waals surface area contributed by atoms with E-state index >= 15 is 0 Å². The summed E-state index contributed by atoms with van der Waals surface area (Å²) in [4.78, 5) is 12.7. The van der Waals surface area contributed by atoms with Gasteiger partial charge in [-0.25, -0.2) is 0 Å². The minimum Gasteiger partial charge on any atom is -0.496 e. The van der Waals surface area contributed by atoms with E-state index in [1.165, 1.54) is 6.08 Å². The summed E-state index contributed by atoms with van der Waals surface area (Å²) in [5.41, 5.74) is 3.33. The molecule has 146 valence electrons. The normalized spacial score (nSPS) is 10.5. The third-order valence-electron chi connectivity index (χ3n) is 4.27. The van der Waals surface area contributed by atoms with Gasteiger partial charge in [0.2, 0.25) is 0 Å². The molecule has 0 bridgehead atoms. The first-order chi connectivity index (χ1) is 13.5. The average Bonchev–Trinajstić information content (AvgIpc) is 2.71. The Hall–Kier alpha value is -3.27. The van der Waals surface area contributed by atoms with Crippen LogP contribution in [0, 0.1) is 13.8 Å². The maximum atomic E-state index is 12.7. The van der Waals surface area contributed by atoms with E-state index in [0.29, 0.717) is 36.0 Å². The van der Waals surface area contributed by atoms with Gasteiger partial charge in [0.05, 0.1) is 12.7 Å². The molecule has 0 aliphatic rings. The number of carbonyl (C=O) groups is 1. The molecule has 0 aliphatic carbocycles. The molecule has 0 atom stereocenters. The van der Waals surface area contributed by atoms with Crippen LogP contribution in [-0.2, 0) is 0 Å². The number of methoxy groups -OCH3 is 1. The highest BCUT2D eigenvalue weighted by atomic mass is 16.5. The molecule has 0 radical (unpaired) electrons. The van der Waals surface area contributed by atoms with Crippen molar-refractivity contribution in [1.82, 2.24) is 0 Å². The van der Waals surface area contributed by atoms with E-state index in [2.05, 4.69) is 13.2 Å². The fourth-order valence-corrected chi connectivity index (χ4v) is 2.67. The van der Waals surface area contributed by atoms with Crippen LogP contribution in [0.25, 0.3) is 6.08 Å². The molecule has 0 aromatic heterocycles. The molecule has 28 heavy (non-hydrogen) atoms. The Morgan fingerprint density at radius 3 is 2.43 bits per heavy atom. The summed E-state index contributed by atoms with van der Waals surface area (Å²) in [6, 6.07) is 9.16.